The summed E-state index contributed by atoms with van der Waals surface area (Å²) in [7, 11) is 0. The molecule has 13 heavy (non-hydrogen) atoms. The second kappa shape index (κ2) is 7.95. The van der Waals surface area contributed by atoms with Gasteiger partial charge in [-0.15, -0.1) is 11.3 Å². The number of rotatable bonds is 3. The Morgan fingerprint density at radius 2 is 2.31 bits per heavy atom. The first kappa shape index (κ1) is 12.3. The highest BCUT2D eigenvalue weighted by atomic mass is 32.1. The molecule has 0 unspecified atom stereocenters. The average Bonchev–Trinajstić information content (AvgIpc) is 2.58. The third-order valence-corrected chi connectivity index (χ3v) is 2.40. The van der Waals surface area contributed by atoms with E-state index in [4.69, 9.17) is 5.73 Å². The third-order valence-electron chi connectivity index (χ3n) is 1.43. The maximum absolute atomic E-state index is 10.5. The molecule has 0 radical (unpaired) electrons. The van der Waals surface area contributed by atoms with Crippen LogP contribution in [-0.2, 0) is 0 Å². The Balaban J connectivity index is 0.000000252. The molecule has 0 saturated carbocycles. The van der Waals surface area contributed by atoms with Crippen molar-refractivity contribution in [3.63, 3.8) is 0 Å². The molecule has 1 aromatic heterocycles. The lowest BCUT2D eigenvalue weighted by atomic mass is 10.3. The lowest BCUT2D eigenvalue weighted by Crippen LogP contribution is -1.95. The molecule has 1 heterocycles. The summed E-state index contributed by atoms with van der Waals surface area (Å²) in [5.41, 5.74) is 5.14. The second-order valence-corrected chi connectivity index (χ2v) is 3.62. The minimum Gasteiger partial charge on any atom is -0.330 e. The first-order valence-corrected chi connectivity index (χ1v) is 5.34. The van der Waals surface area contributed by atoms with Crippen LogP contribution >= 0.6 is 11.3 Å². The third kappa shape index (κ3) is 6.49. The fraction of sp³-hybridized carbons (Fsp3) is 0.500. The first-order chi connectivity index (χ1) is 6.22. The largest absolute Gasteiger partial charge is 0.330 e. The molecular weight excluding hydrogens is 182 g/mol. The molecular formula is C10H17NOS. The van der Waals surface area contributed by atoms with E-state index < -0.39 is 0 Å². The van der Waals surface area contributed by atoms with E-state index >= 15 is 0 Å². The van der Waals surface area contributed by atoms with Crippen LogP contribution in [0.2, 0.25) is 0 Å². The van der Waals surface area contributed by atoms with Crippen molar-refractivity contribution in [2.45, 2.75) is 26.7 Å². The fourth-order valence-electron chi connectivity index (χ4n) is 0.683. The average molecular weight is 199 g/mol. The molecule has 0 aliphatic heterocycles. The van der Waals surface area contributed by atoms with Crippen LogP contribution in [0.1, 0.15) is 36.4 Å². The zero-order valence-electron chi connectivity index (χ0n) is 8.25. The van der Waals surface area contributed by atoms with Gasteiger partial charge in [-0.1, -0.05) is 19.4 Å². The summed E-state index contributed by atoms with van der Waals surface area (Å²) in [6, 6.07) is 3.70. The zero-order chi connectivity index (χ0) is 10.1. The molecule has 2 nitrogen and oxygen atoms in total. The number of carbonyl (C=O) groups is 1. The summed E-state index contributed by atoms with van der Waals surface area (Å²) < 4.78 is 0. The van der Waals surface area contributed by atoms with E-state index in [-0.39, 0.29) is 5.78 Å². The number of carbonyl (C=O) groups excluding carboxylic acids is 1. The number of ketones is 1. The van der Waals surface area contributed by atoms with E-state index in [0.29, 0.717) is 0 Å². The molecule has 0 fully saturated rings. The molecule has 0 aliphatic carbocycles. The topological polar surface area (TPSA) is 43.1 Å². The minimum atomic E-state index is 0.153. The predicted molar refractivity (Wildman–Crippen MR) is 58.3 cm³/mol. The van der Waals surface area contributed by atoms with Gasteiger partial charge < -0.3 is 5.73 Å². The van der Waals surface area contributed by atoms with Crippen LogP contribution in [0.4, 0.5) is 0 Å². The minimum absolute atomic E-state index is 0.153. The maximum Gasteiger partial charge on any atom is 0.169 e. The van der Waals surface area contributed by atoms with Gasteiger partial charge in [0.2, 0.25) is 0 Å². The monoisotopic (exact) mass is 199 g/mol. The number of thiophene rings is 1. The van der Waals surface area contributed by atoms with Gasteiger partial charge in [0, 0.05) is 0 Å². The standard InChI is InChI=1S/C6H6OS.C4H11N/c1-5(7)6-3-2-4-8-6;1-2-3-4-5/h2-4H,1H3;2-5H2,1H3. The molecule has 3 heteroatoms. The van der Waals surface area contributed by atoms with Crippen molar-refractivity contribution in [3.8, 4) is 0 Å². The van der Waals surface area contributed by atoms with E-state index in [2.05, 4.69) is 6.92 Å². The van der Waals surface area contributed by atoms with Crippen LogP contribution in [0.3, 0.4) is 0 Å². The Morgan fingerprint density at radius 3 is 2.46 bits per heavy atom. The highest BCUT2D eigenvalue weighted by Gasteiger charge is 1.95. The number of Topliss-reactive ketones (excluding diaryl/α,β-unsaturated/α-hetero) is 1. The molecule has 0 spiro atoms. The van der Waals surface area contributed by atoms with E-state index in [0.717, 1.165) is 11.4 Å². The van der Waals surface area contributed by atoms with Crippen molar-refractivity contribution in [1.29, 1.82) is 0 Å². The van der Waals surface area contributed by atoms with Crippen LogP contribution in [0.15, 0.2) is 17.5 Å². The summed E-state index contributed by atoms with van der Waals surface area (Å²) in [5.74, 6) is 0.153. The summed E-state index contributed by atoms with van der Waals surface area (Å²) in [4.78, 5) is 11.4. The number of hydrogen-bond acceptors (Lipinski definition) is 3. The van der Waals surface area contributed by atoms with Gasteiger partial charge in [-0.2, -0.15) is 0 Å². The number of nitrogens with two attached hydrogens (primary N) is 1. The fourth-order valence-corrected chi connectivity index (χ4v) is 1.31. The summed E-state index contributed by atoms with van der Waals surface area (Å²) in [5, 5.41) is 1.90. The molecule has 0 amide bonds. The van der Waals surface area contributed by atoms with E-state index in [1.165, 1.54) is 24.2 Å². The Labute approximate surface area is 83.8 Å². The van der Waals surface area contributed by atoms with Crippen LogP contribution in [0, 0.1) is 0 Å². The van der Waals surface area contributed by atoms with E-state index in [9.17, 15) is 4.79 Å². The maximum atomic E-state index is 10.5. The van der Waals surface area contributed by atoms with Crippen LogP contribution in [-0.4, -0.2) is 12.3 Å². The zero-order valence-corrected chi connectivity index (χ0v) is 9.06. The number of unbranched alkanes of at least 4 members (excludes halogenated alkanes) is 1. The summed E-state index contributed by atoms with van der Waals surface area (Å²) in [6.07, 6.45) is 2.39. The van der Waals surface area contributed by atoms with Gasteiger partial charge in [0.05, 0.1) is 4.88 Å². The van der Waals surface area contributed by atoms with Crippen molar-refractivity contribution in [1.82, 2.24) is 0 Å². The van der Waals surface area contributed by atoms with E-state index in [1.54, 1.807) is 6.92 Å². The Bertz CT molecular complexity index is 217. The Kier molecular flexibility index (Phi) is 7.54. The molecule has 0 bridgehead atoms. The Morgan fingerprint density at radius 1 is 1.62 bits per heavy atom. The van der Waals surface area contributed by atoms with Gasteiger partial charge in [0.1, 0.15) is 0 Å². The van der Waals surface area contributed by atoms with Gasteiger partial charge in [-0.05, 0) is 31.3 Å². The van der Waals surface area contributed by atoms with Crippen molar-refractivity contribution in [2.24, 2.45) is 5.73 Å². The van der Waals surface area contributed by atoms with Crippen molar-refractivity contribution in [2.75, 3.05) is 6.54 Å². The van der Waals surface area contributed by atoms with E-state index in [1.807, 2.05) is 17.5 Å². The lowest BCUT2D eigenvalue weighted by molar-refractivity contribution is 0.102. The smallest absolute Gasteiger partial charge is 0.169 e. The normalized spacial score (nSPS) is 8.85. The highest BCUT2D eigenvalue weighted by molar-refractivity contribution is 7.12. The molecule has 1 aromatic rings. The second-order valence-electron chi connectivity index (χ2n) is 2.68. The van der Waals surface area contributed by atoms with Crippen LogP contribution in [0.5, 0.6) is 0 Å². The quantitative estimate of drug-likeness (QED) is 0.761. The molecule has 0 aromatic carbocycles. The van der Waals surface area contributed by atoms with Gasteiger partial charge in [0.15, 0.2) is 5.78 Å². The highest BCUT2D eigenvalue weighted by Crippen LogP contribution is 2.07. The lowest BCUT2D eigenvalue weighted by Gasteiger charge is -1.80. The molecule has 0 atom stereocenters. The molecule has 0 saturated heterocycles. The predicted octanol–water partition coefficient (Wildman–Crippen LogP) is 2.70. The SMILES string of the molecule is CC(=O)c1cccs1.CCCCN. The molecule has 74 valence electrons. The van der Waals surface area contributed by atoms with Gasteiger partial charge in [-0.3, -0.25) is 4.79 Å². The molecule has 1 rings (SSSR count). The van der Waals surface area contributed by atoms with Gasteiger partial charge in [-0.25, -0.2) is 0 Å². The summed E-state index contributed by atoms with van der Waals surface area (Å²) >= 11 is 1.48. The van der Waals surface area contributed by atoms with Crippen LogP contribution in [0.25, 0.3) is 0 Å². The van der Waals surface area contributed by atoms with Crippen LogP contribution < -0.4 is 5.73 Å². The van der Waals surface area contributed by atoms with Gasteiger partial charge in [0.25, 0.3) is 0 Å². The van der Waals surface area contributed by atoms with Crippen molar-refractivity contribution < 1.29 is 4.79 Å². The number of hydrogen-bond donors (Lipinski definition) is 1. The van der Waals surface area contributed by atoms with Crippen molar-refractivity contribution >= 4 is 17.1 Å². The molecule has 2 N–H and O–H groups in total. The Hall–Kier alpha value is -0.670. The van der Waals surface area contributed by atoms with Gasteiger partial charge >= 0.3 is 0 Å². The molecule has 0 aliphatic rings. The first-order valence-electron chi connectivity index (χ1n) is 4.46. The van der Waals surface area contributed by atoms with Crippen molar-refractivity contribution in [3.05, 3.63) is 22.4 Å². The summed E-state index contributed by atoms with van der Waals surface area (Å²) in [6.45, 7) is 4.55.